The van der Waals surface area contributed by atoms with Crippen LogP contribution >= 0.6 is 0 Å². The Labute approximate surface area is 96.0 Å². The molecule has 0 heterocycles. The van der Waals surface area contributed by atoms with Crippen molar-refractivity contribution in [1.82, 2.24) is 0 Å². The van der Waals surface area contributed by atoms with Crippen molar-refractivity contribution in [2.24, 2.45) is 5.41 Å². The Kier molecular flexibility index (Phi) is 3.00. The molecule has 0 aromatic heterocycles. The molecule has 0 spiro atoms. The van der Waals surface area contributed by atoms with E-state index in [1.807, 2.05) is 24.3 Å². The van der Waals surface area contributed by atoms with Gasteiger partial charge in [0.05, 0.1) is 18.6 Å². The molecule has 0 amide bonds. The number of hydrogen-bond acceptors (Lipinski definition) is 3. The van der Waals surface area contributed by atoms with Crippen LogP contribution in [0.2, 0.25) is 0 Å². The predicted molar refractivity (Wildman–Crippen MR) is 63.4 cm³/mol. The minimum atomic E-state index is -0.136. The molecule has 3 nitrogen and oxygen atoms in total. The van der Waals surface area contributed by atoms with Gasteiger partial charge in [-0.25, -0.2) is 0 Å². The van der Waals surface area contributed by atoms with Gasteiger partial charge in [-0.15, -0.1) is 0 Å². The van der Waals surface area contributed by atoms with Crippen LogP contribution in [0.1, 0.15) is 19.3 Å². The Morgan fingerprint density at radius 1 is 1.50 bits per heavy atom. The quantitative estimate of drug-likeness (QED) is 0.841. The van der Waals surface area contributed by atoms with Crippen LogP contribution in [0.15, 0.2) is 24.3 Å². The molecule has 3 heteroatoms. The lowest BCUT2D eigenvalue weighted by Crippen LogP contribution is -2.34. The van der Waals surface area contributed by atoms with Crippen LogP contribution in [0.4, 0.5) is 5.69 Å². The summed E-state index contributed by atoms with van der Waals surface area (Å²) in [5.74, 6) is 0.838. The van der Waals surface area contributed by atoms with E-state index in [2.05, 4.69) is 11.4 Å². The van der Waals surface area contributed by atoms with Gasteiger partial charge in [-0.1, -0.05) is 12.5 Å². The Balaban J connectivity index is 1.97. The van der Waals surface area contributed by atoms with Gasteiger partial charge in [-0.3, -0.25) is 0 Å². The lowest BCUT2D eigenvalue weighted by atomic mass is 9.70. The summed E-state index contributed by atoms with van der Waals surface area (Å²) in [6.07, 6.45) is 3.20. The smallest absolute Gasteiger partial charge is 0.120 e. The molecule has 2 rings (SSSR count). The molecule has 1 aliphatic carbocycles. The van der Waals surface area contributed by atoms with Crippen molar-refractivity contribution in [2.45, 2.75) is 19.3 Å². The summed E-state index contributed by atoms with van der Waals surface area (Å²) in [5.41, 5.74) is 0.879. The first-order valence-electron chi connectivity index (χ1n) is 5.57. The lowest BCUT2D eigenvalue weighted by molar-refractivity contribution is 0.233. The van der Waals surface area contributed by atoms with E-state index in [1.54, 1.807) is 7.11 Å². The standard InChI is InChI=1S/C13H16N2O/c1-16-12-5-2-4-11(8-12)15-10-13(9-14)6-3-7-13/h2,4-5,8,15H,3,6-7,10H2,1H3. The van der Waals surface area contributed by atoms with E-state index >= 15 is 0 Å². The minimum absolute atomic E-state index is 0.136. The third-order valence-electron chi connectivity index (χ3n) is 3.25. The van der Waals surface area contributed by atoms with Gasteiger partial charge in [0.15, 0.2) is 0 Å². The Morgan fingerprint density at radius 2 is 2.31 bits per heavy atom. The van der Waals surface area contributed by atoms with Gasteiger partial charge >= 0.3 is 0 Å². The highest BCUT2D eigenvalue weighted by Gasteiger charge is 2.36. The van der Waals surface area contributed by atoms with E-state index in [4.69, 9.17) is 10.00 Å². The maximum absolute atomic E-state index is 9.10. The van der Waals surface area contributed by atoms with E-state index in [-0.39, 0.29) is 5.41 Å². The normalized spacial score (nSPS) is 17.0. The molecule has 0 bridgehead atoms. The van der Waals surface area contributed by atoms with Crippen LogP contribution in [0, 0.1) is 16.7 Å². The third-order valence-corrected chi connectivity index (χ3v) is 3.25. The zero-order valence-corrected chi connectivity index (χ0v) is 9.49. The van der Waals surface area contributed by atoms with Gasteiger partial charge in [-0.2, -0.15) is 5.26 Å². The molecule has 1 N–H and O–H groups in total. The van der Waals surface area contributed by atoms with Gasteiger partial charge in [0.25, 0.3) is 0 Å². The second-order valence-electron chi connectivity index (χ2n) is 4.33. The number of benzene rings is 1. The first-order valence-corrected chi connectivity index (χ1v) is 5.57. The van der Waals surface area contributed by atoms with Crippen LogP contribution in [0.25, 0.3) is 0 Å². The molecule has 0 unspecified atom stereocenters. The van der Waals surface area contributed by atoms with Crippen LogP contribution in [0.3, 0.4) is 0 Å². The summed E-state index contributed by atoms with van der Waals surface area (Å²) in [4.78, 5) is 0. The van der Waals surface area contributed by atoms with Gasteiger partial charge in [0.2, 0.25) is 0 Å². The van der Waals surface area contributed by atoms with E-state index in [9.17, 15) is 0 Å². The molecule has 1 fully saturated rings. The molecule has 84 valence electrons. The Morgan fingerprint density at radius 3 is 2.88 bits per heavy atom. The molecular formula is C13H16N2O. The van der Waals surface area contributed by atoms with Gasteiger partial charge in [-0.05, 0) is 25.0 Å². The van der Waals surface area contributed by atoms with Crippen LogP contribution in [-0.2, 0) is 0 Å². The van der Waals surface area contributed by atoms with Gasteiger partial charge in [0.1, 0.15) is 5.75 Å². The summed E-state index contributed by atoms with van der Waals surface area (Å²) in [7, 11) is 1.65. The number of anilines is 1. The molecule has 0 aliphatic heterocycles. The molecule has 1 aromatic rings. The summed E-state index contributed by atoms with van der Waals surface area (Å²) < 4.78 is 5.15. The van der Waals surface area contributed by atoms with E-state index in [1.165, 1.54) is 6.42 Å². The second kappa shape index (κ2) is 4.44. The fourth-order valence-corrected chi connectivity index (χ4v) is 1.94. The average Bonchev–Trinajstić information content (AvgIpc) is 2.29. The Bertz CT molecular complexity index is 405. The van der Waals surface area contributed by atoms with Crippen molar-refractivity contribution >= 4 is 5.69 Å². The minimum Gasteiger partial charge on any atom is -0.497 e. The zero-order valence-electron chi connectivity index (χ0n) is 9.49. The molecule has 1 aliphatic rings. The highest BCUT2D eigenvalue weighted by atomic mass is 16.5. The maximum atomic E-state index is 9.10. The second-order valence-corrected chi connectivity index (χ2v) is 4.33. The molecule has 1 aromatic carbocycles. The molecule has 0 atom stereocenters. The Hall–Kier alpha value is -1.69. The van der Waals surface area contributed by atoms with Crippen molar-refractivity contribution in [2.75, 3.05) is 19.0 Å². The van der Waals surface area contributed by atoms with Gasteiger partial charge < -0.3 is 10.1 Å². The summed E-state index contributed by atoms with van der Waals surface area (Å²) in [6, 6.07) is 10.2. The highest BCUT2D eigenvalue weighted by molar-refractivity contribution is 5.48. The number of nitrogens with one attached hydrogen (secondary N) is 1. The molecular weight excluding hydrogens is 200 g/mol. The highest BCUT2D eigenvalue weighted by Crippen LogP contribution is 2.40. The zero-order chi connectivity index (χ0) is 11.4. The monoisotopic (exact) mass is 216 g/mol. The van der Waals surface area contributed by atoms with Crippen molar-refractivity contribution in [1.29, 1.82) is 5.26 Å². The number of nitrogens with zero attached hydrogens (tertiary/aromatic N) is 1. The van der Waals surface area contributed by atoms with Crippen LogP contribution < -0.4 is 10.1 Å². The molecule has 1 saturated carbocycles. The lowest BCUT2D eigenvalue weighted by Gasteiger charge is -2.35. The third kappa shape index (κ3) is 2.11. The fourth-order valence-electron chi connectivity index (χ4n) is 1.94. The van der Waals surface area contributed by atoms with Crippen molar-refractivity contribution in [3.05, 3.63) is 24.3 Å². The largest absolute Gasteiger partial charge is 0.497 e. The first-order chi connectivity index (χ1) is 7.78. The summed E-state index contributed by atoms with van der Waals surface area (Å²) in [5, 5.41) is 12.4. The molecule has 0 radical (unpaired) electrons. The SMILES string of the molecule is COc1cccc(NCC2(C#N)CCC2)c1. The first kappa shape index (κ1) is 10.8. The number of nitriles is 1. The molecule has 16 heavy (non-hydrogen) atoms. The van der Waals surface area contributed by atoms with Crippen molar-refractivity contribution < 1.29 is 4.74 Å². The summed E-state index contributed by atoms with van der Waals surface area (Å²) >= 11 is 0. The number of methoxy groups -OCH3 is 1. The van der Waals surface area contributed by atoms with Crippen molar-refractivity contribution in [3.8, 4) is 11.8 Å². The predicted octanol–water partition coefficient (Wildman–Crippen LogP) is 2.80. The summed E-state index contributed by atoms with van der Waals surface area (Å²) in [6.45, 7) is 0.733. The molecule has 0 saturated heterocycles. The van der Waals surface area contributed by atoms with E-state index < -0.39 is 0 Å². The topological polar surface area (TPSA) is 45.0 Å². The van der Waals surface area contributed by atoms with Crippen molar-refractivity contribution in [3.63, 3.8) is 0 Å². The van der Waals surface area contributed by atoms with Crippen LogP contribution in [-0.4, -0.2) is 13.7 Å². The van der Waals surface area contributed by atoms with E-state index in [0.29, 0.717) is 0 Å². The number of hydrogen-bond donors (Lipinski definition) is 1. The number of ether oxygens (including phenoxy) is 1. The maximum Gasteiger partial charge on any atom is 0.120 e. The van der Waals surface area contributed by atoms with Gasteiger partial charge in [0, 0.05) is 18.3 Å². The fraction of sp³-hybridized carbons (Fsp3) is 0.462. The number of rotatable bonds is 4. The van der Waals surface area contributed by atoms with Crippen LogP contribution in [0.5, 0.6) is 5.75 Å². The van der Waals surface area contributed by atoms with E-state index in [0.717, 1.165) is 30.8 Å². The average molecular weight is 216 g/mol.